The highest BCUT2D eigenvalue weighted by Crippen LogP contribution is 2.29. The van der Waals surface area contributed by atoms with Crippen LogP contribution in [0.25, 0.3) is 0 Å². The number of benzene rings is 2. The van der Waals surface area contributed by atoms with Gasteiger partial charge in [0, 0.05) is 17.8 Å². The highest BCUT2D eigenvalue weighted by atomic mass is 16.6. The van der Waals surface area contributed by atoms with Crippen molar-refractivity contribution in [3.05, 3.63) is 73.3 Å². The molecule has 0 atom stereocenters. The Balaban J connectivity index is 2.40. The normalized spacial score (nSPS) is 10.1. The van der Waals surface area contributed by atoms with Gasteiger partial charge in [-0.1, -0.05) is 6.07 Å². The molecule has 2 rings (SSSR count). The minimum Gasteiger partial charge on any atom is -0.465 e. The SMILES string of the molecule is COC(=O)c1cccc(NC(=O)c2cc([N+](=O)[O-])c(C)c([N+](=O)[O-])c2)c1. The molecule has 0 heterocycles. The van der Waals surface area contributed by atoms with Crippen LogP contribution in [-0.2, 0) is 4.74 Å². The van der Waals surface area contributed by atoms with Crippen molar-refractivity contribution in [3.63, 3.8) is 0 Å². The van der Waals surface area contributed by atoms with Crippen LogP contribution >= 0.6 is 0 Å². The molecule has 1 amide bonds. The lowest BCUT2D eigenvalue weighted by atomic mass is 10.1. The summed E-state index contributed by atoms with van der Waals surface area (Å²) in [5.74, 6) is -1.40. The predicted molar refractivity (Wildman–Crippen MR) is 90.2 cm³/mol. The first-order valence-corrected chi connectivity index (χ1v) is 7.17. The van der Waals surface area contributed by atoms with E-state index in [2.05, 4.69) is 10.1 Å². The fourth-order valence-electron chi connectivity index (χ4n) is 2.24. The zero-order valence-electron chi connectivity index (χ0n) is 13.7. The molecule has 0 aliphatic rings. The Morgan fingerprint density at radius 3 is 2.08 bits per heavy atom. The second-order valence-electron chi connectivity index (χ2n) is 5.18. The quantitative estimate of drug-likeness (QED) is 0.491. The summed E-state index contributed by atoms with van der Waals surface area (Å²) >= 11 is 0. The van der Waals surface area contributed by atoms with Crippen molar-refractivity contribution >= 4 is 28.9 Å². The summed E-state index contributed by atoms with van der Waals surface area (Å²) in [6.45, 7) is 1.23. The lowest BCUT2D eigenvalue weighted by Gasteiger charge is -2.08. The van der Waals surface area contributed by atoms with Gasteiger partial charge in [0.2, 0.25) is 0 Å². The first-order chi connectivity index (χ1) is 12.2. The van der Waals surface area contributed by atoms with Crippen molar-refractivity contribution in [1.29, 1.82) is 0 Å². The minimum atomic E-state index is -0.795. The molecule has 0 fully saturated rings. The van der Waals surface area contributed by atoms with Crippen molar-refractivity contribution in [2.45, 2.75) is 6.92 Å². The number of anilines is 1. The van der Waals surface area contributed by atoms with Gasteiger partial charge in [0.25, 0.3) is 17.3 Å². The maximum Gasteiger partial charge on any atom is 0.337 e. The summed E-state index contributed by atoms with van der Waals surface area (Å²) in [4.78, 5) is 44.4. The molecule has 0 bridgehead atoms. The molecule has 0 aliphatic heterocycles. The van der Waals surface area contributed by atoms with Gasteiger partial charge >= 0.3 is 5.97 Å². The van der Waals surface area contributed by atoms with E-state index in [0.29, 0.717) is 0 Å². The second-order valence-corrected chi connectivity index (χ2v) is 5.18. The zero-order valence-corrected chi connectivity index (χ0v) is 13.7. The molecule has 134 valence electrons. The molecule has 0 unspecified atom stereocenters. The maximum absolute atomic E-state index is 12.4. The lowest BCUT2D eigenvalue weighted by Crippen LogP contribution is -2.14. The Kier molecular flexibility index (Phi) is 5.26. The van der Waals surface area contributed by atoms with Crippen LogP contribution < -0.4 is 5.32 Å². The van der Waals surface area contributed by atoms with Gasteiger partial charge in [0.05, 0.1) is 28.1 Å². The highest BCUT2D eigenvalue weighted by molar-refractivity contribution is 6.05. The van der Waals surface area contributed by atoms with Crippen LogP contribution in [0.1, 0.15) is 26.3 Å². The molecule has 0 spiro atoms. The van der Waals surface area contributed by atoms with E-state index in [0.717, 1.165) is 12.1 Å². The first kappa shape index (κ1) is 18.5. The standard InChI is InChI=1S/C16H13N3O7/c1-9-13(18(22)23)7-11(8-14(9)19(24)25)15(20)17-12-5-3-4-10(6-12)16(21)26-2/h3-8H,1-2H3,(H,17,20). The fraction of sp³-hybridized carbons (Fsp3) is 0.125. The number of ether oxygens (including phenoxy) is 1. The van der Waals surface area contributed by atoms with Gasteiger partial charge in [-0.25, -0.2) is 4.79 Å². The van der Waals surface area contributed by atoms with E-state index in [1.807, 2.05) is 0 Å². The Labute approximate surface area is 146 Å². The van der Waals surface area contributed by atoms with Crippen LogP contribution in [0.2, 0.25) is 0 Å². The van der Waals surface area contributed by atoms with Crippen LogP contribution in [-0.4, -0.2) is 28.8 Å². The molecular weight excluding hydrogens is 346 g/mol. The van der Waals surface area contributed by atoms with Crippen LogP contribution in [0.3, 0.4) is 0 Å². The number of carbonyl (C=O) groups excluding carboxylic acids is 2. The van der Waals surface area contributed by atoms with E-state index in [1.54, 1.807) is 0 Å². The maximum atomic E-state index is 12.4. The number of nitrogens with one attached hydrogen (secondary N) is 1. The molecule has 10 heteroatoms. The van der Waals surface area contributed by atoms with Crippen LogP contribution in [0.5, 0.6) is 0 Å². The number of methoxy groups -OCH3 is 1. The number of hydrogen-bond acceptors (Lipinski definition) is 7. The average Bonchev–Trinajstić information content (AvgIpc) is 2.60. The third-order valence-corrected chi connectivity index (χ3v) is 3.55. The van der Waals surface area contributed by atoms with Gasteiger partial charge < -0.3 is 10.1 Å². The predicted octanol–water partition coefficient (Wildman–Crippen LogP) is 2.85. The smallest absolute Gasteiger partial charge is 0.337 e. The molecule has 10 nitrogen and oxygen atoms in total. The molecule has 0 radical (unpaired) electrons. The molecule has 26 heavy (non-hydrogen) atoms. The number of amides is 1. The third-order valence-electron chi connectivity index (χ3n) is 3.55. The molecular formula is C16H13N3O7. The van der Waals surface area contributed by atoms with E-state index in [9.17, 15) is 29.8 Å². The summed E-state index contributed by atoms with van der Waals surface area (Å²) < 4.78 is 4.58. The summed E-state index contributed by atoms with van der Waals surface area (Å²) in [6.07, 6.45) is 0. The Hall–Kier alpha value is -3.82. The number of nitro groups is 2. The van der Waals surface area contributed by atoms with Gasteiger partial charge in [-0.2, -0.15) is 0 Å². The number of esters is 1. The summed E-state index contributed by atoms with van der Waals surface area (Å²) in [6, 6.07) is 7.73. The summed E-state index contributed by atoms with van der Waals surface area (Å²) in [5, 5.41) is 24.6. The molecule has 0 saturated heterocycles. The van der Waals surface area contributed by atoms with Crippen molar-refractivity contribution in [2.75, 3.05) is 12.4 Å². The largest absolute Gasteiger partial charge is 0.465 e. The molecule has 0 saturated carbocycles. The Morgan fingerprint density at radius 1 is 1.00 bits per heavy atom. The van der Waals surface area contributed by atoms with Crippen LogP contribution in [0, 0.1) is 27.2 Å². The van der Waals surface area contributed by atoms with E-state index in [-0.39, 0.29) is 22.4 Å². The molecule has 2 aromatic carbocycles. The number of nitrogens with zero attached hydrogens (tertiary/aromatic N) is 2. The minimum absolute atomic E-state index is 0.149. The van der Waals surface area contributed by atoms with Gasteiger partial charge in [0.1, 0.15) is 5.56 Å². The van der Waals surface area contributed by atoms with Crippen molar-refractivity contribution in [3.8, 4) is 0 Å². The van der Waals surface area contributed by atoms with Crippen LogP contribution in [0.4, 0.5) is 17.1 Å². The topological polar surface area (TPSA) is 142 Å². The number of hydrogen-bond donors (Lipinski definition) is 1. The van der Waals surface area contributed by atoms with Gasteiger partial charge in [-0.15, -0.1) is 0 Å². The van der Waals surface area contributed by atoms with Crippen molar-refractivity contribution in [1.82, 2.24) is 0 Å². The molecule has 1 N–H and O–H groups in total. The van der Waals surface area contributed by atoms with E-state index in [1.165, 1.54) is 38.3 Å². The number of rotatable bonds is 5. The van der Waals surface area contributed by atoms with Gasteiger partial charge in [-0.05, 0) is 25.1 Å². The third kappa shape index (κ3) is 3.80. The fourth-order valence-corrected chi connectivity index (χ4v) is 2.24. The summed E-state index contributed by atoms with van der Waals surface area (Å²) in [7, 11) is 1.21. The Bertz CT molecular complexity index is 889. The van der Waals surface area contributed by atoms with Gasteiger partial charge in [0.15, 0.2) is 0 Å². The van der Waals surface area contributed by atoms with E-state index in [4.69, 9.17) is 0 Å². The zero-order chi connectivity index (χ0) is 19.4. The van der Waals surface area contributed by atoms with E-state index >= 15 is 0 Å². The molecule has 2 aromatic rings. The first-order valence-electron chi connectivity index (χ1n) is 7.17. The number of carbonyl (C=O) groups is 2. The molecule has 0 aromatic heterocycles. The second kappa shape index (κ2) is 7.38. The van der Waals surface area contributed by atoms with Crippen LogP contribution in [0.15, 0.2) is 36.4 Å². The summed E-state index contributed by atoms with van der Waals surface area (Å²) in [5.41, 5.74) is -1.06. The highest BCUT2D eigenvalue weighted by Gasteiger charge is 2.25. The molecule has 0 aliphatic carbocycles. The monoisotopic (exact) mass is 359 g/mol. The Morgan fingerprint density at radius 2 is 1.58 bits per heavy atom. The van der Waals surface area contributed by atoms with Crippen molar-refractivity contribution in [2.24, 2.45) is 0 Å². The number of nitro benzene ring substituents is 2. The van der Waals surface area contributed by atoms with Crippen molar-refractivity contribution < 1.29 is 24.2 Å². The van der Waals surface area contributed by atoms with Gasteiger partial charge in [-0.3, -0.25) is 25.0 Å². The average molecular weight is 359 g/mol. The lowest BCUT2D eigenvalue weighted by molar-refractivity contribution is -0.395. The van der Waals surface area contributed by atoms with E-state index < -0.39 is 33.1 Å².